The summed E-state index contributed by atoms with van der Waals surface area (Å²) in [5, 5.41) is 3.57. The molecule has 0 aliphatic carbocycles. The molecule has 1 aromatic rings. The van der Waals surface area contributed by atoms with E-state index in [4.69, 9.17) is 14.2 Å². The lowest BCUT2D eigenvalue weighted by atomic mass is 9.97. The van der Waals surface area contributed by atoms with E-state index in [-0.39, 0.29) is 12.1 Å². The molecule has 1 aromatic carbocycles. The van der Waals surface area contributed by atoms with Crippen LogP contribution >= 0.6 is 0 Å². The second-order valence-corrected chi connectivity index (χ2v) is 7.64. The summed E-state index contributed by atoms with van der Waals surface area (Å²) >= 11 is 0. The standard InChI is InChI=1S/C19H28N2O4/c1-19(2,3)25-18(22)21-9-7-13-5-6-16(23-4)17(15(13)11-21)20-14-8-10-24-12-14/h5-6,14,20H,7-12H2,1-4H3/t14-/m0/s1. The number of amides is 1. The molecule has 1 fully saturated rings. The highest BCUT2D eigenvalue weighted by molar-refractivity contribution is 5.71. The monoisotopic (exact) mass is 348 g/mol. The molecule has 0 unspecified atom stereocenters. The average molecular weight is 348 g/mol. The Morgan fingerprint density at radius 1 is 1.36 bits per heavy atom. The van der Waals surface area contributed by atoms with Gasteiger partial charge in [0.2, 0.25) is 0 Å². The fourth-order valence-electron chi connectivity index (χ4n) is 3.27. The summed E-state index contributed by atoms with van der Waals surface area (Å²) in [4.78, 5) is 14.2. The van der Waals surface area contributed by atoms with Crippen molar-refractivity contribution in [2.24, 2.45) is 0 Å². The van der Waals surface area contributed by atoms with E-state index in [1.807, 2.05) is 26.8 Å². The molecule has 2 heterocycles. The van der Waals surface area contributed by atoms with Crippen LogP contribution in [-0.2, 0) is 22.4 Å². The maximum Gasteiger partial charge on any atom is 0.410 e. The zero-order valence-electron chi connectivity index (χ0n) is 15.6. The SMILES string of the molecule is COc1ccc2c(c1N[C@H]1CCOC1)CN(C(=O)OC(C)(C)C)CC2. The number of carbonyl (C=O) groups is 1. The number of benzene rings is 1. The molecular formula is C19H28N2O4. The summed E-state index contributed by atoms with van der Waals surface area (Å²) in [6.07, 6.45) is 1.52. The van der Waals surface area contributed by atoms with Crippen molar-refractivity contribution < 1.29 is 19.0 Å². The van der Waals surface area contributed by atoms with Crippen molar-refractivity contribution in [2.75, 3.05) is 32.2 Å². The largest absolute Gasteiger partial charge is 0.495 e. The van der Waals surface area contributed by atoms with Crippen molar-refractivity contribution in [3.05, 3.63) is 23.3 Å². The lowest BCUT2D eigenvalue weighted by molar-refractivity contribution is 0.0224. The number of carbonyl (C=O) groups excluding carboxylic acids is 1. The number of nitrogens with zero attached hydrogens (tertiary/aromatic N) is 1. The van der Waals surface area contributed by atoms with Crippen molar-refractivity contribution in [1.82, 2.24) is 4.90 Å². The molecule has 6 nitrogen and oxygen atoms in total. The van der Waals surface area contributed by atoms with Crippen molar-refractivity contribution in [2.45, 2.75) is 51.8 Å². The highest BCUT2D eigenvalue weighted by Gasteiger charge is 2.29. The first-order valence-corrected chi connectivity index (χ1v) is 8.88. The van der Waals surface area contributed by atoms with Crippen LogP contribution in [0.3, 0.4) is 0 Å². The van der Waals surface area contributed by atoms with Crippen LogP contribution in [0.2, 0.25) is 0 Å². The van der Waals surface area contributed by atoms with E-state index >= 15 is 0 Å². The zero-order valence-corrected chi connectivity index (χ0v) is 15.6. The lowest BCUT2D eigenvalue weighted by Crippen LogP contribution is -2.40. The third kappa shape index (κ3) is 4.18. The summed E-state index contributed by atoms with van der Waals surface area (Å²) in [6.45, 7) is 8.33. The van der Waals surface area contributed by atoms with Gasteiger partial charge in [0.15, 0.2) is 0 Å². The summed E-state index contributed by atoms with van der Waals surface area (Å²) in [6, 6.07) is 4.37. The maximum atomic E-state index is 12.5. The van der Waals surface area contributed by atoms with Gasteiger partial charge in [-0.25, -0.2) is 4.79 Å². The Balaban J connectivity index is 1.84. The molecule has 6 heteroatoms. The number of anilines is 1. The van der Waals surface area contributed by atoms with Crippen LogP contribution in [0.1, 0.15) is 38.3 Å². The summed E-state index contributed by atoms with van der Waals surface area (Å²) < 4.78 is 16.6. The number of hydrogen-bond acceptors (Lipinski definition) is 5. The molecule has 0 saturated carbocycles. The highest BCUT2D eigenvalue weighted by atomic mass is 16.6. The Labute approximate surface area is 149 Å². The lowest BCUT2D eigenvalue weighted by Gasteiger charge is -2.33. The first-order chi connectivity index (χ1) is 11.9. The summed E-state index contributed by atoms with van der Waals surface area (Å²) in [5.41, 5.74) is 2.85. The first kappa shape index (κ1) is 17.9. The molecule has 1 atom stereocenters. The van der Waals surface area contributed by atoms with Gasteiger partial charge in [-0.15, -0.1) is 0 Å². The second-order valence-electron chi connectivity index (χ2n) is 7.64. The first-order valence-electron chi connectivity index (χ1n) is 8.88. The number of fused-ring (bicyclic) bond motifs is 1. The van der Waals surface area contributed by atoms with Gasteiger partial charge < -0.3 is 24.4 Å². The maximum absolute atomic E-state index is 12.5. The predicted molar refractivity (Wildman–Crippen MR) is 96.2 cm³/mol. The Hall–Kier alpha value is -1.95. The molecule has 3 rings (SSSR count). The molecule has 2 aliphatic heterocycles. The van der Waals surface area contributed by atoms with E-state index in [0.717, 1.165) is 36.4 Å². The van der Waals surface area contributed by atoms with Gasteiger partial charge in [0.05, 0.1) is 32.0 Å². The molecule has 2 aliphatic rings. The van der Waals surface area contributed by atoms with Gasteiger partial charge >= 0.3 is 6.09 Å². The number of ether oxygens (including phenoxy) is 3. The number of methoxy groups -OCH3 is 1. The van der Waals surface area contributed by atoms with E-state index in [0.29, 0.717) is 19.7 Å². The molecule has 0 bridgehead atoms. The van der Waals surface area contributed by atoms with Crippen LogP contribution in [-0.4, -0.2) is 49.5 Å². The molecule has 1 amide bonds. The van der Waals surface area contributed by atoms with E-state index in [9.17, 15) is 4.79 Å². The molecule has 25 heavy (non-hydrogen) atoms. The molecule has 1 saturated heterocycles. The normalized spacial score (nSPS) is 20.2. The van der Waals surface area contributed by atoms with Crippen LogP contribution in [0, 0.1) is 0 Å². The van der Waals surface area contributed by atoms with Crippen LogP contribution in [0.5, 0.6) is 5.75 Å². The second kappa shape index (κ2) is 7.12. The van der Waals surface area contributed by atoms with Gasteiger partial charge in [-0.3, -0.25) is 0 Å². The van der Waals surface area contributed by atoms with E-state index < -0.39 is 5.60 Å². The van der Waals surface area contributed by atoms with Gasteiger partial charge in [0.25, 0.3) is 0 Å². The molecular weight excluding hydrogens is 320 g/mol. The summed E-state index contributed by atoms with van der Waals surface area (Å²) in [5.74, 6) is 0.802. The minimum atomic E-state index is -0.492. The number of nitrogens with one attached hydrogen (secondary N) is 1. The van der Waals surface area contributed by atoms with Gasteiger partial charge in [-0.05, 0) is 45.2 Å². The third-order valence-electron chi connectivity index (χ3n) is 4.52. The molecule has 138 valence electrons. The average Bonchev–Trinajstić information content (AvgIpc) is 3.06. The fourth-order valence-corrected chi connectivity index (χ4v) is 3.27. The van der Waals surface area contributed by atoms with Crippen molar-refractivity contribution >= 4 is 11.8 Å². The summed E-state index contributed by atoms with van der Waals surface area (Å²) in [7, 11) is 1.67. The van der Waals surface area contributed by atoms with E-state index in [1.54, 1.807) is 12.0 Å². The van der Waals surface area contributed by atoms with Crippen molar-refractivity contribution in [3.8, 4) is 5.75 Å². The molecule has 0 radical (unpaired) electrons. The van der Waals surface area contributed by atoms with Gasteiger partial charge in [-0.1, -0.05) is 6.07 Å². The van der Waals surface area contributed by atoms with Crippen LogP contribution in [0.15, 0.2) is 12.1 Å². The molecule has 0 aromatic heterocycles. The topological polar surface area (TPSA) is 60.0 Å². The Morgan fingerprint density at radius 2 is 2.16 bits per heavy atom. The molecule has 1 N–H and O–H groups in total. The smallest absolute Gasteiger partial charge is 0.410 e. The van der Waals surface area contributed by atoms with Gasteiger partial charge in [0.1, 0.15) is 11.4 Å². The minimum Gasteiger partial charge on any atom is -0.495 e. The number of hydrogen-bond donors (Lipinski definition) is 1. The van der Waals surface area contributed by atoms with E-state index in [2.05, 4.69) is 11.4 Å². The van der Waals surface area contributed by atoms with Crippen molar-refractivity contribution in [1.29, 1.82) is 0 Å². The Morgan fingerprint density at radius 3 is 2.80 bits per heavy atom. The van der Waals surface area contributed by atoms with Crippen LogP contribution < -0.4 is 10.1 Å². The quantitative estimate of drug-likeness (QED) is 0.909. The third-order valence-corrected chi connectivity index (χ3v) is 4.52. The highest BCUT2D eigenvalue weighted by Crippen LogP contribution is 2.36. The van der Waals surface area contributed by atoms with Gasteiger partial charge in [0, 0.05) is 18.7 Å². The zero-order chi connectivity index (χ0) is 18.0. The predicted octanol–water partition coefficient (Wildman–Crippen LogP) is 3.19. The van der Waals surface area contributed by atoms with Crippen molar-refractivity contribution in [3.63, 3.8) is 0 Å². The van der Waals surface area contributed by atoms with Gasteiger partial charge in [-0.2, -0.15) is 0 Å². The molecule has 0 spiro atoms. The minimum absolute atomic E-state index is 0.267. The van der Waals surface area contributed by atoms with Crippen LogP contribution in [0.4, 0.5) is 10.5 Å². The Bertz CT molecular complexity index is 633. The number of rotatable bonds is 3. The van der Waals surface area contributed by atoms with E-state index in [1.165, 1.54) is 5.56 Å². The Kier molecular flexibility index (Phi) is 5.08. The fraction of sp³-hybridized carbons (Fsp3) is 0.632. The van der Waals surface area contributed by atoms with Crippen LogP contribution in [0.25, 0.3) is 0 Å².